The highest BCUT2D eigenvalue weighted by Gasteiger charge is 2.13. The number of aromatic amines is 1. The van der Waals surface area contributed by atoms with Crippen LogP contribution in [0, 0.1) is 0 Å². The molecule has 0 radical (unpaired) electrons. The third-order valence-corrected chi connectivity index (χ3v) is 2.09. The molecule has 0 unspecified atom stereocenters. The maximum absolute atomic E-state index is 9.50. The van der Waals surface area contributed by atoms with E-state index in [9.17, 15) is 4.39 Å². The number of anilines is 1. The molecule has 1 aliphatic rings. The molecule has 1 aliphatic carbocycles. The molecule has 68 valence electrons. The van der Waals surface area contributed by atoms with Crippen LogP contribution in [0.3, 0.4) is 0 Å². The second-order valence-corrected chi connectivity index (χ2v) is 2.77. The number of fused-ring (bicyclic) bond motifs is 1. The lowest BCUT2D eigenvalue weighted by Crippen LogP contribution is -2.01. The summed E-state index contributed by atoms with van der Waals surface area (Å²) in [6, 6.07) is 0. The molecule has 0 bridgehead atoms. The minimum Gasteiger partial charge on any atom is -0.382 e. The second-order valence-electron chi connectivity index (χ2n) is 2.77. The van der Waals surface area contributed by atoms with E-state index >= 15 is 0 Å². The van der Waals surface area contributed by atoms with E-state index in [4.69, 9.17) is 5.73 Å². The van der Waals surface area contributed by atoms with Crippen molar-refractivity contribution in [1.82, 2.24) is 10.2 Å². The van der Waals surface area contributed by atoms with E-state index in [0.29, 0.717) is 13.0 Å². The number of nitrogens with two attached hydrogens (primary N) is 1. The molecule has 0 atom stereocenters. The summed E-state index contributed by atoms with van der Waals surface area (Å²) in [5.74, 6) is 0.703. The monoisotopic (exact) mass is 171 g/mol. The molecule has 3 N–H and O–H groups in total. The van der Waals surface area contributed by atoms with Crippen LogP contribution in [0.15, 0.2) is 0 Å². The first-order valence-electron chi connectivity index (χ1n) is 4.07. The van der Waals surface area contributed by atoms with Crippen LogP contribution in [0.25, 0.3) is 0 Å². The zero-order valence-corrected chi connectivity index (χ0v) is 7.23. The van der Waals surface area contributed by atoms with Crippen molar-refractivity contribution in [3.63, 3.8) is 0 Å². The number of nitrogen functional groups attached to an aromatic ring is 1. The topological polar surface area (TPSA) is 54.7 Å². The molecule has 12 heavy (non-hydrogen) atoms. The standard InChI is InChI=1S/C7H11N3.CH3F/c8-7-5-3-1-2-4-6(5)9-10-7;1-2/h1-4H2,(H3,8,9,10);1H3. The average Bonchev–Trinajstić information content (AvgIpc) is 2.53. The van der Waals surface area contributed by atoms with Gasteiger partial charge in [0, 0.05) is 11.3 Å². The molecule has 2 rings (SSSR count). The molecule has 0 saturated carbocycles. The molecule has 0 aliphatic heterocycles. The lowest BCUT2D eigenvalue weighted by atomic mass is 9.98. The molecular weight excluding hydrogens is 157 g/mol. The van der Waals surface area contributed by atoms with Gasteiger partial charge in [-0.25, -0.2) is 0 Å². The molecular formula is C8H14FN3. The largest absolute Gasteiger partial charge is 0.382 e. The van der Waals surface area contributed by atoms with Crippen molar-refractivity contribution in [3.8, 4) is 0 Å². The highest BCUT2D eigenvalue weighted by Crippen LogP contribution is 2.22. The first kappa shape index (κ1) is 9.03. The van der Waals surface area contributed by atoms with E-state index in [1.165, 1.54) is 24.1 Å². The molecule has 1 heterocycles. The molecule has 0 fully saturated rings. The van der Waals surface area contributed by atoms with Gasteiger partial charge in [0.15, 0.2) is 0 Å². The zero-order valence-electron chi connectivity index (χ0n) is 7.23. The van der Waals surface area contributed by atoms with Gasteiger partial charge in [0.25, 0.3) is 0 Å². The highest BCUT2D eigenvalue weighted by molar-refractivity contribution is 5.42. The Balaban J connectivity index is 0.000000336. The van der Waals surface area contributed by atoms with Crippen LogP contribution >= 0.6 is 0 Å². The van der Waals surface area contributed by atoms with Gasteiger partial charge in [0.1, 0.15) is 5.82 Å². The SMILES string of the molecule is CF.Nc1n[nH]c2c1CCCC2. The van der Waals surface area contributed by atoms with E-state index in [-0.39, 0.29) is 0 Å². The third-order valence-electron chi connectivity index (χ3n) is 2.09. The Bertz CT molecular complexity index is 244. The normalized spacial score (nSPS) is 14.5. The number of rotatable bonds is 0. The number of H-pyrrole nitrogens is 1. The van der Waals surface area contributed by atoms with Crippen molar-refractivity contribution >= 4 is 5.82 Å². The Hall–Kier alpha value is -1.06. The van der Waals surface area contributed by atoms with Crippen LogP contribution in [0.4, 0.5) is 10.2 Å². The predicted octanol–water partition coefficient (Wildman–Crippen LogP) is 1.46. The van der Waals surface area contributed by atoms with Gasteiger partial charge in [-0.2, -0.15) is 5.10 Å². The summed E-state index contributed by atoms with van der Waals surface area (Å²) in [6.45, 7) is 0. The number of halogens is 1. The Morgan fingerprint density at radius 1 is 1.33 bits per heavy atom. The average molecular weight is 171 g/mol. The van der Waals surface area contributed by atoms with E-state index in [2.05, 4.69) is 10.2 Å². The minimum atomic E-state index is 0.500. The number of aryl methyl sites for hydroxylation is 1. The van der Waals surface area contributed by atoms with E-state index in [1.54, 1.807) is 0 Å². The maximum atomic E-state index is 9.50. The van der Waals surface area contributed by atoms with Crippen molar-refractivity contribution in [2.45, 2.75) is 25.7 Å². The van der Waals surface area contributed by atoms with E-state index < -0.39 is 0 Å². The summed E-state index contributed by atoms with van der Waals surface area (Å²) in [5, 5.41) is 6.90. The molecule has 3 nitrogen and oxygen atoms in total. The first-order valence-corrected chi connectivity index (χ1v) is 4.07. The van der Waals surface area contributed by atoms with Gasteiger partial charge in [0.2, 0.25) is 0 Å². The zero-order chi connectivity index (χ0) is 8.97. The number of nitrogens with zero attached hydrogens (tertiary/aromatic N) is 1. The number of aromatic nitrogens is 2. The minimum absolute atomic E-state index is 0.500. The number of hydrogen-bond donors (Lipinski definition) is 2. The summed E-state index contributed by atoms with van der Waals surface area (Å²) >= 11 is 0. The van der Waals surface area contributed by atoms with Crippen LogP contribution < -0.4 is 5.73 Å². The van der Waals surface area contributed by atoms with Gasteiger partial charge in [-0.1, -0.05) is 0 Å². The van der Waals surface area contributed by atoms with Gasteiger partial charge >= 0.3 is 0 Å². The van der Waals surface area contributed by atoms with Crippen molar-refractivity contribution in [1.29, 1.82) is 0 Å². The van der Waals surface area contributed by atoms with Gasteiger partial charge in [-0.15, -0.1) is 0 Å². The van der Waals surface area contributed by atoms with Crippen molar-refractivity contribution in [3.05, 3.63) is 11.3 Å². The van der Waals surface area contributed by atoms with Crippen LogP contribution in [-0.2, 0) is 12.8 Å². The van der Waals surface area contributed by atoms with Crippen molar-refractivity contribution in [2.75, 3.05) is 12.9 Å². The van der Waals surface area contributed by atoms with Crippen LogP contribution in [0.1, 0.15) is 24.1 Å². The molecule has 0 spiro atoms. The van der Waals surface area contributed by atoms with E-state index in [1.807, 2.05) is 0 Å². The summed E-state index contributed by atoms with van der Waals surface area (Å²) in [7, 11) is 0.500. The molecule has 1 aromatic rings. The van der Waals surface area contributed by atoms with Gasteiger partial charge < -0.3 is 5.73 Å². The van der Waals surface area contributed by atoms with Crippen molar-refractivity contribution < 1.29 is 4.39 Å². The fourth-order valence-corrected chi connectivity index (χ4v) is 1.51. The fraction of sp³-hybridized carbons (Fsp3) is 0.625. The third kappa shape index (κ3) is 1.57. The quantitative estimate of drug-likeness (QED) is 0.620. The van der Waals surface area contributed by atoms with E-state index in [0.717, 1.165) is 12.8 Å². The Morgan fingerprint density at radius 3 is 2.67 bits per heavy atom. The Labute approximate surface area is 71.2 Å². The fourth-order valence-electron chi connectivity index (χ4n) is 1.51. The first-order chi connectivity index (χ1) is 5.88. The lowest BCUT2D eigenvalue weighted by Gasteiger charge is -2.08. The lowest BCUT2D eigenvalue weighted by molar-refractivity contribution is 0.636. The van der Waals surface area contributed by atoms with Crippen LogP contribution in [-0.4, -0.2) is 17.4 Å². The summed E-state index contributed by atoms with van der Waals surface area (Å²) in [6.07, 6.45) is 4.77. The molecule has 0 aromatic carbocycles. The summed E-state index contributed by atoms with van der Waals surface area (Å²) < 4.78 is 9.50. The Morgan fingerprint density at radius 2 is 2.00 bits per heavy atom. The summed E-state index contributed by atoms with van der Waals surface area (Å²) in [4.78, 5) is 0. The number of alkyl halides is 1. The maximum Gasteiger partial charge on any atom is 0.148 e. The van der Waals surface area contributed by atoms with Gasteiger partial charge in [-0.05, 0) is 25.7 Å². The molecule has 1 aromatic heterocycles. The van der Waals surface area contributed by atoms with Gasteiger partial charge in [-0.3, -0.25) is 9.49 Å². The molecule has 0 saturated heterocycles. The smallest absolute Gasteiger partial charge is 0.148 e. The molecule has 4 heteroatoms. The summed E-state index contributed by atoms with van der Waals surface area (Å²) in [5.41, 5.74) is 8.13. The second kappa shape index (κ2) is 4.09. The number of nitrogens with one attached hydrogen (secondary N) is 1. The van der Waals surface area contributed by atoms with Crippen molar-refractivity contribution in [2.24, 2.45) is 0 Å². The van der Waals surface area contributed by atoms with Gasteiger partial charge in [0.05, 0.1) is 7.18 Å². The Kier molecular flexibility index (Phi) is 3.08. The predicted molar refractivity (Wildman–Crippen MR) is 46.7 cm³/mol. The molecule has 0 amide bonds. The van der Waals surface area contributed by atoms with Crippen LogP contribution in [0.5, 0.6) is 0 Å². The van der Waals surface area contributed by atoms with Crippen LogP contribution in [0.2, 0.25) is 0 Å². The number of hydrogen-bond acceptors (Lipinski definition) is 2. The highest BCUT2D eigenvalue weighted by atomic mass is 19.1.